The van der Waals surface area contributed by atoms with Gasteiger partial charge in [-0.25, -0.2) is 15.0 Å². The number of carbonyl (C=O) groups is 1. The van der Waals surface area contributed by atoms with Gasteiger partial charge in [0.2, 0.25) is 5.91 Å². The van der Waals surface area contributed by atoms with Crippen molar-refractivity contribution in [1.29, 1.82) is 0 Å². The average molecular weight is 583 g/mol. The SMILES string of the molecule is COc1c(-c2ccc3nc(Cc4cc(C(C)N5CCN(C(=O)CC(F)(F)F)CC5)ccn4)[nH]c3c2)ncnc1N(C)C. The van der Waals surface area contributed by atoms with Crippen LogP contribution in [0.25, 0.3) is 22.3 Å². The first-order chi connectivity index (χ1) is 20.0. The van der Waals surface area contributed by atoms with Gasteiger partial charge in [0.05, 0.1) is 18.1 Å². The number of carbonyl (C=O) groups excluding carboxylic acids is 1. The number of aromatic amines is 1. The highest BCUT2D eigenvalue weighted by molar-refractivity contribution is 5.84. The van der Waals surface area contributed by atoms with Crippen molar-refractivity contribution in [3.05, 3.63) is 59.9 Å². The van der Waals surface area contributed by atoms with Gasteiger partial charge in [-0.1, -0.05) is 6.07 Å². The highest BCUT2D eigenvalue weighted by Gasteiger charge is 2.35. The number of fused-ring (bicyclic) bond motifs is 1. The van der Waals surface area contributed by atoms with Crippen molar-refractivity contribution in [3.8, 4) is 17.0 Å². The lowest BCUT2D eigenvalue weighted by atomic mass is 10.1. The minimum Gasteiger partial charge on any atom is -0.491 e. The molecule has 1 atom stereocenters. The zero-order valence-electron chi connectivity index (χ0n) is 23.9. The van der Waals surface area contributed by atoms with E-state index in [0.717, 1.165) is 33.7 Å². The maximum Gasteiger partial charge on any atom is 0.397 e. The number of piperazine rings is 1. The van der Waals surface area contributed by atoms with Crippen LogP contribution >= 0.6 is 0 Å². The van der Waals surface area contributed by atoms with Gasteiger partial charge in [0, 0.05) is 70.2 Å². The predicted molar refractivity (Wildman–Crippen MR) is 152 cm³/mol. The van der Waals surface area contributed by atoms with E-state index in [1.165, 1.54) is 11.2 Å². The summed E-state index contributed by atoms with van der Waals surface area (Å²) in [6, 6.07) is 9.86. The summed E-state index contributed by atoms with van der Waals surface area (Å²) in [6.07, 6.45) is -2.13. The number of rotatable bonds is 8. The fourth-order valence-corrected chi connectivity index (χ4v) is 5.25. The second-order valence-corrected chi connectivity index (χ2v) is 10.5. The van der Waals surface area contributed by atoms with Crippen molar-refractivity contribution in [1.82, 2.24) is 34.7 Å². The molecule has 0 aliphatic carbocycles. The fraction of sp³-hybridized carbons (Fsp3) is 0.414. The number of nitrogens with zero attached hydrogens (tertiary/aromatic N) is 7. The molecule has 3 aromatic heterocycles. The van der Waals surface area contributed by atoms with E-state index >= 15 is 0 Å². The Morgan fingerprint density at radius 1 is 1.10 bits per heavy atom. The number of H-pyrrole nitrogens is 1. The molecule has 13 heteroatoms. The number of anilines is 1. The number of imidazole rings is 1. The zero-order valence-corrected chi connectivity index (χ0v) is 23.9. The number of aromatic nitrogens is 5. The van der Waals surface area contributed by atoms with E-state index in [9.17, 15) is 18.0 Å². The van der Waals surface area contributed by atoms with Crippen LogP contribution in [0.5, 0.6) is 5.75 Å². The van der Waals surface area contributed by atoms with E-state index in [2.05, 4.69) is 31.8 Å². The molecular weight excluding hydrogens is 549 g/mol. The van der Waals surface area contributed by atoms with Gasteiger partial charge >= 0.3 is 6.18 Å². The number of hydrogen-bond acceptors (Lipinski definition) is 8. The summed E-state index contributed by atoms with van der Waals surface area (Å²) in [4.78, 5) is 38.8. The number of benzene rings is 1. The molecule has 1 fully saturated rings. The number of hydrogen-bond donors (Lipinski definition) is 1. The largest absolute Gasteiger partial charge is 0.491 e. The van der Waals surface area contributed by atoms with E-state index in [1.54, 1.807) is 13.3 Å². The van der Waals surface area contributed by atoms with Crippen molar-refractivity contribution in [3.63, 3.8) is 0 Å². The molecule has 1 aliphatic rings. The van der Waals surface area contributed by atoms with Crippen molar-refractivity contribution in [2.24, 2.45) is 0 Å². The van der Waals surface area contributed by atoms with E-state index in [4.69, 9.17) is 9.72 Å². The summed E-state index contributed by atoms with van der Waals surface area (Å²) in [5.41, 5.74) is 5.11. The lowest BCUT2D eigenvalue weighted by Crippen LogP contribution is -2.50. The van der Waals surface area contributed by atoms with Crippen LogP contribution in [-0.4, -0.2) is 94.2 Å². The Morgan fingerprint density at radius 3 is 2.55 bits per heavy atom. The molecule has 222 valence electrons. The van der Waals surface area contributed by atoms with Gasteiger partial charge < -0.3 is 19.5 Å². The summed E-state index contributed by atoms with van der Waals surface area (Å²) >= 11 is 0. The minimum atomic E-state index is -4.49. The third kappa shape index (κ3) is 6.46. The molecule has 1 aliphatic heterocycles. The zero-order chi connectivity index (χ0) is 30.0. The quantitative estimate of drug-likeness (QED) is 0.329. The Bertz CT molecular complexity index is 1560. The number of halogens is 3. The molecule has 1 aromatic carbocycles. The number of alkyl halides is 3. The molecule has 0 spiro atoms. The van der Waals surface area contributed by atoms with Crippen molar-refractivity contribution < 1.29 is 22.7 Å². The predicted octanol–water partition coefficient (Wildman–Crippen LogP) is 4.24. The smallest absolute Gasteiger partial charge is 0.397 e. The Balaban J connectivity index is 1.28. The fourth-order valence-electron chi connectivity index (χ4n) is 5.25. The molecule has 1 amide bonds. The summed E-state index contributed by atoms with van der Waals surface area (Å²) in [6.45, 7) is 3.60. The molecule has 1 unspecified atom stereocenters. The lowest BCUT2D eigenvalue weighted by Gasteiger charge is -2.38. The van der Waals surface area contributed by atoms with E-state index in [-0.39, 0.29) is 19.1 Å². The van der Waals surface area contributed by atoms with Gasteiger partial charge in [-0.3, -0.25) is 14.7 Å². The monoisotopic (exact) mass is 582 g/mol. The van der Waals surface area contributed by atoms with Gasteiger partial charge in [0.15, 0.2) is 11.6 Å². The Labute approximate surface area is 241 Å². The summed E-state index contributed by atoms with van der Waals surface area (Å²) in [7, 11) is 5.39. The van der Waals surface area contributed by atoms with Crippen LogP contribution in [0.3, 0.4) is 0 Å². The summed E-state index contributed by atoms with van der Waals surface area (Å²) < 4.78 is 43.5. The summed E-state index contributed by atoms with van der Waals surface area (Å²) in [5, 5.41) is 0. The molecule has 4 heterocycles. The van der Waals surface area contributed by atoms with Crippen LogP contribution in [0.2, 0.25) is 0 Å². The Kier molecular flexibility index (Phi) is 8.30. The second kappa shape index (κ2) is 11.9. The van der Waals surface area contributed by atoms with Crippen LogP contribution in [-0.2, 0) is 11.2 Å². The Hall–Kier alpha value is -4.26. The normalized spacial score (nSPS) is 15.2. The molecule has 5 rings (SSSR count). The van der Waals surface area contributed by atoms with Gasteiger partial charge in [0.1, 0.15) is 24.3 Å². The third-order valence-corrected chi connectivity index (χ3v) is 7.46. The topological polar surface area (TPSA) is 103 Å². The number of nitrogens with one attached hydrogen (secondary N) is 1. The highest BCUT2D eigenvalue weighted by atomic mass is 19.4. The number of amides is 1. The minimum absolute atomic E-state index is 0.0137. The van der Waals surface area contributed by atoms with E-state index in [0.29, 0.717) is 36.8 Å². The van der Waals surface area contributed by atoms with Gasteiger partial charge in [-0.15, -0.1) is 0 Å². The number of ether oxygens (including phenoxy) is 1. The molecule has 0 saturated carbocycles. The van der Waals surface area contributed by atoms with Crippen LogP contribution in [0.4, 0.5) is 19.0 Å². The van der Waals surface area contributed by atoms with Crippen LogP contribution < -0.4 is 9.64 Å². The first-order valence-electron chi connectivity index (χ1n) is 13.6. The molecule has 1 N–H and O–H groups in total. The van der Waals surface area contributed by atoms with E-state index in [1.807, 2.05) is 49.3 Å². The molecule has 0 radical (unpaired) electrons. The molecular formula is C29H33F3N8O2. The van der Waals surface area contributed by atoms with E-state index < -0.39 is 18.5 Å². The lowest BCUT2D eigenvalue weighted by molar-refractivity contribution is -0.162. The van der Waals surface area contributed by atoms with Crippen molar-refractivity contribution >= 4 is 22.8 Å². The van der Waals surface area contributed by atoms with Gasteiger partial charge in [-0.2, -0.15) is 13.2 Å². The molecule has 0 bridgehead atoms. The first-order valence-corrected chi connectivity index (χ1v) is 13.6. The van der Waals surface area contributed by atoms with Crippen molar-refractivity contribution in [2.75, 3.05) is 52.3 Å². The maximum absolute atomic E-state index is 12.6. The maximum atomic E-state index is 12.6. The first kappa shape index (κ1) is 29.2. The van der Waals surface area contributed by atoms with Crippen molar-refractivity contribution in [2.45, 2.75) is 32.0 Å². The van der Waals surface area contributed by atoms with Crippen LogP contribution in [0.1, 0.15) is 36.5 Å². The molecule has 10 nitrogen and oxygen atoms in total. The molecule has 4 aromatic rings. The average Bonchev–Trinajstić information content (AvgIpc) is 3.37. The van der Waals surface area contributed by atoms with Crippen LogP contribution in [0, 0.1) is 0 Å². The Morgan fingerprint density at radius 2 is 1.86 bits per heavy atom. The van der Waals surface area contributed by atoms with Crippen LogP contribution in [0.15, 0.2) is 42.9 Å². The second-order valence-electron chi connectivity index (χ2n) is 10.5. The molecule has 42 heavy (non-hydrogen) atoms. The van der Waals surface area contributed by atoms with Gasteiger partial charge in [-0.05, 0) is 36.8 Å². The third-order valence-electron chi connectivity index (χ3n) is 7.46. The molecule has 1 saturated heterocycles. The standard InChI is InChI=1S/C29H33F3N8O2/c1-18(39-9-11-40(12-10-39)25(41)16-29(30,31)32)19-7-8-33-21(13-19)15-24-36-22-6-5-20(14-23(22)37-24)26-27(42-4)28(38(2)3)35-17-34-26/h5-8,13-14,17-18H,9-12,15-16H2,1-4H3,(H,36,37). The number of pyridine rings is 1. The summed E-state index contributed by atoms with van der Waals surface area (Å²) in [5.74, 6) is 1.17. The van der Waals surface area contributed by atoms with Gasteiger partial charge in [0.25, 0.3) is 0 Å². The highest BCUT2D eigenvalue weighted by Crippen LogP contribution is 2.35. The number of methoxy groups -OCH3 is 1.